The normalized spacial score (nSPS) is 7.78. The predicted molar refractivity (Wildman–Crippen MR) is 736 cm³/mol. The molecule has 0 spiro atoms. The molecular formula is C129H326O5Si5. The number of ether oxygens (including phenoxy) is 1. The van der Waals surface area contributed by atoms with E-state index in [2.05, 4.69) is 415 Å². The third-order valence-corrected chi connectivity index (χ3v) is 19.7. The average molecular weight is 2100 g/mol. The van der Waals surface area contributed by atoms with Gasteiger partial charge in [-0.15, -0.1) is 11.8 Å². The van der Waals surface area contributed by atoms with Gasteiger partial charge in [0.05, 0.1) is 0 Å². The summed E-state index contributed by atoms with van der Waals surface area (Å²) in [6.45, 7) is 115. The first-order chi connectivity index (χ1) is 48.9. The first-order valence-electron chi connectivity index (χ1n) is 41.2. The molecule has 0 bridgehead atoms. The van der Waals surface area contributed by atoms with E-state index >= 15 is 0 Å². The first kappa shape index (κ1) is 299. The fourth-order valence-electron chi connectivity index (χ4n) is 3.10. The fourth-order valence-corrected chi connectivity index (χ4v) is 3.26. The molecule has 0 amide bonds. The van der Waals surface area contributed by atoms with Gasteiger partial charge in [0.15, 0.2) is 16.6 Å². The van der Waals surface area contributed by atoms with Gasteiger partial charge < -0.3 is 22.4 Å². The third kappa shape index (κ3) is 461. The van der Waals surface area contributed by atoms with Crippen LogP contribution < -0.4 is 0 Å². The lowest BCUT2D eigenvalue weighted by molar-refractivity contribution is 0.258. The first-order valence-corrected chi connectivity index (χ1v) is 58.6. The van der Waals surface area contributed by atoms with Crippen LogP contribution in [0.3, 0.4) is 0 Å². The molecule has 0 aliphatic heterocycles. The molecule has 0 heterocycles. The maximum Gasteiger partial charge on any atom is 0.331 e. The van der Waals surface area contributed by atoms with Crippen molar-refractivity contribution in [2.45, 2.75) is 616 Å². The summed E-state index contributed by atoms with van der Waals surface area (Å²) in [7, 11) is 4.99. The number of hydrogen-bond donors (Lipinski definition) is 0. The molecule has 4 rings (SSSR count). The van der Waals surface area contributed by atoms with E-state index in [1.165, 1.54) is 98.2 Å². The summed E-state index contributed by atoms with van der Waals surface area (Å²) in [6.07, 6.45) is 11.2. The van der Waals surface area contributed by atoms with Gasteiger partial charge in [-0.2, -0.15) is 0 Å². The standard InChI is InChI=1S/C12H12.C9H12.C8H10.C6H14.C6H12.C5H14Si.3C5H12.C5H10.C4H12O2Si.2C4H12OSi.C4H12Si.C4H10.C4H8.C4H6.C3H8.C2H6O.30CH4/c1-9-3-5-12-8-10(2)4-6-11(12)7-9;1-7-4-5-8(2)9(3)6-7;1-7-3-5-8(2)6-4-7;1-5-6(2,3)4;1-5(2)6(3)4;1-5-6(2,3)4;1-5(2,3)4;3*1-4-5(2)3;1-5-7(3,4)6-2;2*1-5-6(2,3)4;1-5(2,3)4;1-4(2)3;2*1-3-4-2;2*1-3-2;;;;;;;;;;;;;;;;;;;;;;;;;;;;;;/h3-8H,1-2H3;4-6H,1-3H3;3-6H,1-2H3;5H2,1-4H3;1-4H3;5H2,1-4H3;1-4H3;2*5H,4H2,1-3H3;4H,1-3H3;1-4H3;2*1-4H3;1-4H3;4H,1-3H3;3-4H,1-2H3;1-2H3;3H2,1-2H3;1-2H3;30*1H4. The zero-order chi connectivity index (χ0) is 91.0. The van der Waals surface area contributed by atoms with Gasteiger partial charge in [-0.05, 0) is 227 Å². The van der Waals surface area contributed by atoms with Crippen molar-refractivity contribution in [2.75, 3.05) is 42.7 Å². The van der Waals surface area contributed by atoms with Gasteiger partial charge in [0.2, 0.25) is 0 Å². The molecule has 0 fully saturated rings. The Morgan fingerprint density at radius 1 is 0.324 bits per heavy atom. The van der Waals surface area contributed by atoms with Crippen LogP contribution in [-0.2, 0) is 22.4 Å². The smallest absolute Gasteiger partial charge is 0.331 e. The molecule has 0 unspecified atom stereocenters. The van der Waals surface area contributed by atoms with Crippen molar-refractivity contribution in [2.24, 2.45) is 28.6 Å². The summed E-state index contributed by atoms with van der Waals surface area (Å²) in [5.41, 5.74) is 14.7. The number of aryl methyl sites for hydroxylation is 7. The Bertz CT molecular complexity index is 2420. The molecular weight excluding hydrogens is 1770 g/mol. The number of allylic oxidation sites excluding steroid dienone is 6. The summed E-state index contributed by atoms with van der Waals surface area (Å²) in [4.78, 5) is 0. The molecule has 4 aromatic rings. The third-order valence-electron chi connectivity index (χ3n) is 13.2. The van der Waals surface area contributed by atoms with E-state index in [9.17, 15) is 0 Å². The van der Waals surface area contributed by atoms with Crippen molar-refractivity contribution < 1.29 is 22.4 Å². The Morgan fingerprint density at radius 2 is 0.468 bits per heavy atom. The molecule has 4 aromatic carbocycles. The number of benzene rings is 4. The molecule has 0 saturated carbocycles. The van der Waals surface area contributed by atoms with Crippen molar-refractivity contribution in [3.8, 4) is 11.8 Å². The van der Waals surface area contributed by atoms with Crippen LogP contribution in [0.15, 0.2) is 114 Å². The summed E-state index contributed by atoms with van der Waals surface area (Å²) in [5.74, 6) is 7.96. The van der Waals surface area contributed by atoms with Gasteiger partial charge >= 0.3 is 8.56 Å². The Labute approximate surface area is 919 Å². The number of rotatable bonds is 7. The van der Waals surface area contributed by atoms with Crippen LogP contribution in [0.4, 0.5) is 0 Å². The largest absolute Gasteiger partial charge is 0.421 e. The van der Waals surface area contributed by atoms with Crippen molar-refractivity contribution in [1.29, 1.82) is 0 Å². The van der Waals surface area contributed by atoms with Crippen LogP contribution in [0.1, 0.15) is 502 Å². The molecule has 0 atom stereocenters. The van der Waals surface area contributed by atoms with Crippen molar-refractivity contribution in [1.82, 2.24) is 0 Å². The summed E-state index contributed by atoms with van der Waals surface area (Å²) < 4.78 is 24.4. The van der Waals surface area contributed by atoms with Crippen LogP contribution in [0, 0.1) is 88.9 Å². The van der Waals surface area contributed by atoms with Crippen LogP contribution in [0.2, 0.25) is 104 Å². The minimum Gasteiger partial charge on any atom is -0.421 e. The Hall–Kier alpha value is -3.20. The Balaban J connectivity index is -0.0000000156. The molecule has 5 nitrogen and oxygen atoms in total. The van der Waals surface area contributed by atoms with Gasteiger partial charge in [0.25, 0.3) is 0 Å². The molecule has 0 aliphatic rings. The maximum atomic E-state index is 5.08. The number of methoxy groups -OCH3 is 1. The highest BCUT2D eigenvalue weighted by Crippen LogP contribution is 2.18. The topological polar surface area (TPSA) is 46.2 Å². The Kier molecular flexibility index (Phi) is 416. The van der Waals surface area contributed by atoms with E-state index in [1.807, 2.05) is 59.9 Å². The fraction of sp³-hybridized carbons (Fsp3) is 0.767. The van der Waals surface area contributed by atoms with Gasteiger partial charge in [-0.1, -0.05) is 580 Å². The van der Waals surface area contributed by atoms with E-state index in [1.54, 1.807) is 42.7 Å². The number of fused-ring (bicyclic) bond motifs is 1. The summed E-state index contributed by atoms with van der Waals surface area (Å²) in [5, 5.41) is 2.67. The zero-order valence-corrected chi connectivity index (χ0v) is 91.0. The van der Waals surface area contributed by atoms with Gasteiger partial charge in [-0.25, -0.2) is 0 Å². The van der Waals surface area contributed by atoms with E-state index in [0.717, 1.165) is 17.8 Å². The lowest BCUT2D eigenvalue weighted by Gasteiger charge is -2.15. The highest BCUT2D eigenvalue weighted by molar-refractivity contribution is 6.76. The minimum atomic E-state index is -1.65. The van der Waals surface area contributed by atoms with E-state index in [4.69, 9.17) is 17.7 Å². The molecule has 0 aromatic heterocycles. The maximum absolute atomic E-state index is 5.08. The second kappa shape index (κ2) is 193. The Morgan fingerprint density at radius 3 is 0.547 bits per heavy atom. The van der Waals surface area contributed by atoms with Crippen LogP contribution in [-0.4, -0.2) is 84.0 Å². The average Bonchev–Trinajstić information content (AvgIpc) is 0.839. The van der Waals surface area contributed by atoms with E-state index in [-0.39, 0.29) is 223 Å². The van der Waals surface area contributed by atoms with Crippen molar-refractivity contribution in [3.05, 3.63) is 153 Å². The molecule has 10 heteroatoms. The second-order valence-corrected chi connectivity index (χ2v) is 62.1. The van der Waals surface area contributed by atoms with Crippen LogP contribution in [0.25, 0.3) is 10.8 Å². The quantitative estimate of drug-likeness (QED) is 0.105. The molecule has 892 valence electrons. The van der Waals surface area contributed by atoms with E-state index in [0.29, 0.717) is 10.8 Å². The van der Waals surface area contributed by atoms with Crippen molar-refractivity contribution in [3.63, 3.8) is 0 Å². The molecule has 139 heavy (non-hydrogen) atoms. The van der Waals surface area contributed by atoms with Gasteiger partial charge in [0, 0.05) is 58.8 Å². The van der Waals surface area contributed by atoms with Crippen LogP contribution >= 0.6 is 0 Å². The van der Waals surface area contributed by atoms with Crippen LogP contribution in [0.5, 0.6) is 0 Å². The SMILES string of the molecule is C.C.C.C.C.C.C.C.C.C.C.C.C.C.C.C.C.C.C.C.C.C.C.C.C.C.C.C.C.C.CC#CC.CC(C)(C)C.CC(C)=C(C)C.CC(C)C.CC=C(C)C.CC=CC.CCC.CCC(C)(C)C.CCC(C)C.CCC(C)C.CC[Si](C)(C)C.COC.CO[Si](C)(C)C.CO[Si](C)(C)C.CO[Si](C)(C)OC.C[Si](C)(C)C.Cc1ccc(C)c(C)c1.Cc1ccc(C)cc1.Cc1ccc2cc(C)ccc2c1. The zero-order valence-electron chi connectivity index (χ0n) is 86.0. The lowest BCUT2D eigenvalue weighted by atomic mass is 9.94. The molecule has 0 radical (unpaired) electrons. The lowest BCUT2D eigenvalue weighted by Crippen LogP contribution is -2.31. The second-order valence-electron chi connectivity index (χ2n) is 37.4. The van der Waals surface area contributed by atoms with E-state index < -0.39 is 41.3 Å². The molecule has 0 aliphatic carbocycles. The monoisotopic (exact) mass is 2100 g/mol. The van der Waals surface area contributed by atoms with Crippen molar-refractivity contribution >= 4 is 52.1 Å². The van der Waals surface area contributed by atoms with Gasteiger partial charge in [-0.3, -0.25) is 0 Å². The molecule has 0 saturated heterocycles. The van der Waals surface area contributed by atoms with Gasteiger partial charge in [0.1, 0.15) is 0 Å². The highest BCUT2D eigenvalue weighted by Gasteiger charge is 2.19. The predicted octanol–water partition coefficient (Wildman–Crippen LogP) is 54.6. The molecule has 0 N–H and O–H groups in total. The summed E-state index contributed by atoms with van der Waals surface area (Å²) >= 11 is 0. The highest BCUT2D eigenvalue weighted by atomic mass is 28.4. The minimum absolute atomic E-state index is 0. The summed E-state index contributed by atoms with van der Waals surface area (Å²) in [6, 6.07) is 29.5. The number of hydrogen-bond acceptors (Lipinski definition) is 5.